The summed E-state index contributed by atoms with van der Waals surface area (Å²) in [4.78, 5) is 0. The van der Waals surface area contributed by atoms with Crippen molar-refractivity contribution in [3.8, 4) is 0 Å². The van der Waals surface area contributed by atoms with Crippen LogP contribution in [-0.4, -0.2) is 0 Å². The molecule has 0 saturated heterocycles. The van der Waals surface area contributed by atoms with Gasteiger partial charge in [0, 0.05) is 0 Å². The van der Waals surface area contributed by atoms with Crippen molar-refractivity contribution in [2.75, 3.05) is 0 Å². The van der Waals surface area contributed by atoms with Crippen molar-refractivity contribution in [1.29, 1.82) is 0 Å². The van der Waals surface area contributed by atoms with Crippen LogP contribution in [0.2, 0.25) is 11.4 Å². The molecule has 125 valence electrons. The van der Waals surface area contributed by atoms with E-state index in [1.54, 1.807) is 22.3 Å². The summed E-state index contributed by atoms with van der Waals surface area (Å²) in [5, 5.41) is 0. The molecule has 3 heteroatoms. The molecule has 0 radical (unpaired) electrons. The molecule has 0 heterocycles. The molecule has 0 nitrogen and oxygen atoms in total. The number of rotatable bonds is 3. The van der Waals surface area contributed by atoms with E-state index < -0.39 is 14.1 Å². The molecule has 0 aromatic carbocycles. The van der Waals surface area contributed by atoms with Crippen LogP contribution in [0.4, 0.5) is 0 Å². The summed E-state index contributed by atoms with van der Waals surface area (Å²) in [5.41, 5.74) is 6.93. The Balaban J connectivity index is 1.77. The van der Waals surface area contributed by atoms with Crippen LogP contribution < -0.4 is 0 Å². The van der Waals surface area contributed by atoms with Gasteiger partial charge in [0.15, 0.2) is 0 Å². The van der Waals surface area contributed by atoms with Crippen LogP contribution in [0, 0.1) is 0 Å². The molecular formula is C20H27Br2Zr. The Hall–Kier alpha value is 0.803. The molecule has 0 N–H and O–H groups in total. The second-order valence-corrected chi connectivity index (χ2v) is 47.8. The second kappa shape index (κ2) is 6.20. The van der Waals surface area contributed by atoms with E-state index in [-0.39, 0.29) is 0 Å². The maximum atomic E-state index is 4.52. The van der Waals surface area contributed by atoms with Crippen molar-refractivity contribution in [3.63, 3.8) is 0 Å². The van der Waals surface area contributed by atoms with Crippen molar-refractivity contribution >= 4 is 24.4 Å². The zero-order chi connectivity index (χ0) is 16.1. The number of allylic oxidation sites excluding steroid dienone is 8. The molecule has 4 aliphatic carbocycles. The fraction of sp³-hybridized carbons (Fsp3) is 0.600. The minimum atomic E-state index is -3.31. The average molecular weight is 518 g/mol. The fourth-order valence-electron chi connectivity index (χ4n) is 5.39. The topological polar surface area (TPSA) is 0 Å². The molecule has 0 aromatic heterocycles. The SMILES string of the molecule is C[CH2][Zr]([Br])([Br])([CH]1C=CC2=C1CCCC2)[CH]1C=CC2=C1CCCC2. The van der Waals surface area contributed by atoms with Crippen LogP contribution in [0.3, 0.4) is 0 Å². The molecule has 0 fully saturated rings. The van der Waals surface area contributed by atoms with Gasteiger partial charge in [-0.15, -0.1) is 0 Å². The van der Waals surface area contributed by atoms with Gasteiger partial charge in [0.1, 0.15) is 0 Å². The summed E-state index contributed by atoms with van der Waals surface area (Å²) >= 11 is 5.73. The van der Waals surface area contributed by atoms with Crippen LogP contribution in [-0.2, 0) is 14.1 Å². The first kappa shape index (κ1) is 17.2. The molecule has 0 saturated carbocycles. The molecule has 4 aliphatic rings. The summed E-state index contributed by atoms with van der Waals surface area (Å²) < 4.78 is 2.65. The van der Waals surface area contributed by atoms with Crippen LogP contribution in [0.25, 0.3) is 0 Å². The van der Waals surface area contributed by atoms with Crippen LogP contribution in [0.1, 0.15) is 58.3 Å². The molecule has 0 bridgehead atoms. The molecule has 4 rings (SSSR count). The van der Waals surface area contributed by atoms with E-state index in [2.05, 4.69) is 55.7 Å². The summed E-state index contributed by atoms with van der Waals surface area (Å²) in [6, 6.07) is 0. The summed E-state index contributed by atoms with van der Waals surface area (Å²) in [6.07, 6.45) is 20.9. The third kappa shape index (κ3) is 2.67. The Labute approximate surface area is 153 Å². The van der Waals surface area contributed by atoms with Gasteiger partial charge in [-0.25, -0.2) is 0 Å². The molecule has 23 heavy (non-hydrogen) atoms. The Morgan fingerprint density at radius 3 is 1.70 bits per heavy atom. The Kier molecular flexibility index (Phi) is 4.65. The first-order chi connectivity index (χ1) is 11.0. The predicted octanol–water partition coefficient (Wildman–Crippen LogP) is 8.19. The van der Waals surface area contributed by atoms with E-state index in [9.17, 15) is 0 Å². The summed E-state index contributed by atoms with van der Waals surface area (Å²) in [5.74, 6) is 0. The minimum absolute atomic E-state index is 0.681. The second-order valence-electron chi connectivity index (χ2n) is 7.89. The van der Waals surface area contributed by atoms with Crippen molar-refractivity contribution < 1.29 is 14.1 Å². The van der Waals surface area contributed by atoms with Gasteiger partial charge in [0.05, 0.1) is 0 Å². The van der Waals surface area contributed by atoms with Gasteiger partial charge in [0.2, 0.25) is 0 Å². The normalized spacial score (nSPS) is 32.0. The van der Waals surface area contributed by atoms with Crippen LogP contribution >= 0.6 is 24.4 Å². The summed E-state index contributed by atoms with van der Waals surface area (Å²) in [6.45, 7) is 2.43. The van der Waals surface area contributed by atoms with Crippen molar-refractivity contribution in [1.82, 2.24) is 0 Å². The predicted molar refractivity (Wildman–Crippen MR) is 105 cm³/mol. The first-order valence-corrected chi connectivity index (χ1v) is 25.2. The van der Waals surface area contributed by atoms with E-state index >= 15 is 0 Å². The third-order valence-electron chi connectivity index (χ3n) is 6.78. The number of hydrogen-bond donors (Lipinski definition) is 0. The van der Waals surface area contributed by atoms with Crippen molar-refractivity contribution in [2.45, 2.75) is 69.7 Å². The van der Waals surface area contributed by atoms with Gasteiger partial charge in [-0.2, -0.15) is 0 Å². The standard InChI is InChI=1S/2C9H11.C2H5.2BrH.Zr/c2*1-2-5-9-7-3-6-8(9)4-1;1-2;;;/h2*3,6-7H,1-2,4-5H2;1H2,2H3;2*1H;/q;;;;;+2/p-2. The molecule has 0 spiro atoms. The molecule has 0 aliphatic heterocycles. The van der Waals surface area contributed by atoms with Gasteiger partial charge >= 0.3 is 155 Å². The summed E-state index contributed by atoms with van der Waals surface area (Å²) in [7, 11) is 0. The monoisotopic (exact) mass is 515 g/mol. The van der Waals surface area contributed by atoms with E-state index in [1.807, 2.05) is 0 Å². The van der Waals surface area contributed by atoms with Gasteiger partial charge in [0.25, 0.3) is 0 Å². The molecule has 0 aromatic rings. The van der Waals surface area contributed by atoms with Gasteiger partial charge in [-0.05, 0) is 0 Å². The fourth-order valence-corrected chi connectivity index (χ4v) is 26.2. The quantitative estimate of drug-likeness (QED) is 0.353. The van der Waals surface area contributed by atoms with Crippen LogP contribution in [0.5, 0.6) is 0 Å². The zero-order valence-corrected chi connectivity index (χ0v) is 19.7. The molecular weight excluding hydrogens is 491 g/mol. The van der Waals surface area contributed by atoms with Crippen molar-refractivity contribution in [2.24, 2.45) is 0 Å². The zero-order valence-electron chi connectivity index (χ0n) is 14.1. The average Bonchev–Trinajstić information content (AvgIpc) is 3.20. The van der Waals surface area contributed by atoms with Gasteiger partial charge in [-0.3, -0.25) is 0 Å². The van der Waals surface area contributed by atoms with Crippen LogP contribution in [0.15, 0.2) is 46.6 Å². The third-order valence-corrected chi connectivity index (χ3v) is 37.3. The number of halogens is 2. The Morgan fingerprint density at radius 2 is 1.26 bits per heavy atom. The molecule has 0 amide bonds. The molecule has 2 unspecified atom stereocenters. The van der Waals surface area contributed by atoms with Gasteiger partial charge in [-0.1, -0.05) is 0 Å². The van der Waals surface area contributed by atoms with E-state index in [0.29, 0.717) is 7.25 Å². The van der Waals surface area contributed by atoms with E-state index in [1.165, 1.54) is 55.5 Å². The van der Waals surface area contributed by atoms with Crippen molar-refractivity contribution in [3.05, 3.63) is 46.6 Å². The maximum absolute atomic E-state index is 4.52. The van der Waals surface area contributed by atoms with E-state index in [4.69, 9.17) is 0 Å². The molecule has 2 atom stereocenters. The number of hydrogen-bond acceptors (Lipinski definition) is 0. The first-order valence-electron chi connectivity index (χ1n) is 9.42. The Morgan fingerprint density at radius 1 is 0.826 bits per heavy atom. The van der Waals surface area contributed by atoms with E-state index in [0.717, 1.165) is 0 Å². The van der Waals surface area contributed by atoms with Gasteiger partial charge < -0.3 is 0 Å². The Bertz CT molecular complexity index is 599.